The molecule has 1 aliphatic heterocycles. The SMILES string of the molecule is COC(=O)C1(C(=O)OC)C(c2ccccc2)C1C1OCCO1. The lowest BCUT2D eigenvalue weighted by Gasteiger charge is -2.15. The van der Waals surface area contributed by atoms with Crippen molar-refractivity contribution < 1.29 is 28.5 Å². The zero-order valence-corrected chi connectivity index (χ0v) is 12.5. The van der Waals surface area contributed by atoms with Crippen molar-refractivity contribution in [2.24, 2.45) is 11.3 Å². The normalized spacial score (nSPS) is 26.5. The van der Waals surface area contributed by atoms with Gasteiger partial charge in [-0.2, -0.15) is 0 Å². The van der Waals surface area contributed by atoms with Gasteiger partial charge in [0.15, 0.2) is 11.7 Å². The zero-order chi connectivity index (χ0) is 15.7. The van der Waals surface area contributed by atoms with Gasteiger partial charge < -0.3 is 18.9 Å². The highest BCUT2D eigenvalue weighted by molar-refractivity contribution is 6.06. The van der Waals surface area contributed by atoms with Crippen LogP contribution in [-0.2, 0) is 28.5 Å². The monoisotopic (exact) mass is 306 g/mol. The van der Waals surface area contributed by atoms with Crippen LogP contribution in [-0.4, -0.2) is 45.7 Å². The molecule has 0 aromatic heterocycles. The molecule has 0 amide bonds. The Hall–Kier alpha value is -1.92. The van der Waals surface area contributed by atoms with Crippen molar-refractivity contribution >= 4 is 11.9 Å². The summed E-state index contributed by atoms with van der Waals surface area (Å²) in [5.74, 6) is -2.05. The minimum atomic E-state index is -1.40. The maximum Gasteiger partial charge on any atom is 0.324 e. The second kappa shape index (κ2) is 5.70. The number of ether oxygens (including phenoxy) is 4. The Bertz CT molecular complexity index is 547. The van der Waals surface area contributed by atoms with Gasteiger partial charge in [0, 0.05) is 11.8 Å². The third-order valence-corrected chi connectivity index (χ3v) is 4.41. The molecular formula is C16H18O6. The van der Waals surface area contributed by atoms with Gasteiger partial charge in [0.2, 0.25) is 0 Å². The fourth-order valence-electron chi connectivity index (χ4n) is 3.45. The quantitative estimate of drug-likeness (QED) is 0.613. The van der Waals surface area contributed by atoms with E-state index in [2.05, 4.69) is 0 Å². The molecule has 1 saturated carbocycles. The molecule has 0 radical (unpaired) electrons. The molecule has 118 valence electrons. The summed E-state index contributed by atoms with van der Waals surface area (Å²) in [6, 6.07) is 9.35. The van der Waals surface area contributed by atoms with Crippen molar-refractivity contribution in [1.29, 1.82) is 0 Å². The average molecular weight is 306 g/mol. The Morgan fingerprint density at radius 2 is 1.59 bits per heavy atom. The van der Waals surface area contributed by atoms with Crippen LogP contribution in [0.4, 0.5) is 0 Å². The van der Waals surface area contributed by atoms with Crippen molar-refractivity contribution in [3.63, 3.8) is 0 Å². The van der Waals surface area contributed by atoms with Gasteiger partial charge in [-0.3, -0.25) is 9.59 Å². The van der Waals surface area contributed by atoms with E-state index in [1.807, 2.05) is 30.3 Å². The molecule has 1 saturated heterocycles. The summed E-state index contributed by atoms with van der Waals surface area (Å²) in [6.45, 7) is 0.891. The van der Waals surface area contributed by atoms with E-state index < -0.39 is 29.6 Å². The second-order valence-corrected chi connectivity index (χ2v) is 5.38. The first-order valence-corrected chi connectivity index (χ1v) is 7.13. The molecule has 1 aromatic rings. The summed E-state index contributed by atoms with van der Waals surface area (Å²) in [7, 11) is 2.53. The van der Waals surface area contributed by atoms with E-state index in [0.717, 1.165) is 5.56 Å². The second-order valence-electron chi connectivity index (χ2n) is 5.38. The highest BCUT2D eigenvalue weighted by atomic mass is 16.7. The molecule has 6 nitrogen and oxygen atoms in total. The Morgan fingerprint density at radius 3 is 2.09 bits per heavy atom. The first kappa shape index (κ1) is 15.0. The summed E-state index contributed by atoms with van der Waals surface area (Å²) in [4.78, 5) is 24.8. The predicted molar refractivity (Wildman–Crippen MR) is 74.8 cm³/mol. The molecule has 0 spiro atoms. The van der Waals surface area contributed by atoms with Gasteiger partial charge in [-0.25, -0.2) is 0 Å². The van der Waals surface area contributed by atoms with Gasteiger partial charge in [0.25, 0.3) is 0 Å². The first-order chi connectivity index (χ1) is 10.7. The third-order valence-electron chi connectivity index (χ3n) is 4.41. The molecule has 0 N–H and O–H groups in total. The minimum Gasteiger partial charge on any atom is -0.468 e. The van der Waals surface area contributed by atoms with Crippen LogP contribution in [0.2, 0.25) is 0 Å². The number of benzene rings is 1. The largest absolute Gasteiger partial charge is 0.468 e. The fourth-order valence-corrected chi connectivity index (χ4v) is 3.45. The van der Waals surface area contributed by atoms with E-state index in [0.29, 0.717) is 13.2 Å². The van der Waals surface area contributed by atoms with E-state index >= 15 is 0 Å². The zero-order valence-electron chi connectivity index (χ0n) is 12.5. The Balaban J connectivity index is 2.04. The molecule has 3 rings (SSSR count). The van der Waals surface area contributed by atoms with Crippen molar-refractivity contribution in [1.82, 2.24) is 0 Å². The van der Waals surface area contributed by atoms with Crippen molar-refractivity contribution in [3.8, 4) is 0 Å². The topological polar surface area (TPSA) is 71.1 Å². The van der Waals surface area contributed by atoms with Crippen LogP contribution in [0.15, 0.2) is 30.3 Å². The van der Waals surface area contributed by atoms with E-state index in [1.54, 1.807) is 0 Å². The van der Waals surface area contributed by atoms with Crippen molar-refractivity contribution in [2.45, 2.75) is 12.2 Å². The fraction of sp³-hybridized carbons (Fsp3) is 0.500. The van der Waals surface area contributed by atoms with Crippen molar-refractivity contribution in [2.75, 3.05) is 27.4 Å². The molecule has 1 aliphatic carbocycles. The maximum absolute atomic E-state index is 12.4. The summed E-state index contributed by atoms with van der Waals surface area (Å²) in [5, 5.41) is 0. The first-order valence-electron chi connectivity index (χ1n) is 7.13. The lowest BCUT2D eigenvalue weighted by Crippen LogP contribution is -2.34. The van der Waals surface area contributed by atoms with Crippen LogP contribution >= 0.6 is 0 Å². The van der Waals surface area contributed by atoms with Crippen LogP contribution in [0.5, 0.6) is 0 Å². The molecule has 22 heavy (non-hydrogen) atoms. The van der Waals surface area contributed by atoms with Crippen LogP contribution in [0.1, 0.15) is 11.5 Å². The van der Waals surface area contributed by atoms with Crippen LogP contribution < -0.4 is 0 Å². The Kier molecular flexibility index (Phi) is 3.88. The average Bonchev–Trinajstić information content (AvgIpc) is 2.98. The molecule has 2 atom stereocenters. The van der Waals surface area contributed by atoms with E-state index in [9.17, 15) is 9.59 Å². The van der Waals surface area contributed by atoms with Gasteiger partial charge in [-0.05, 0) is 5.56 Å². The maximum atomic E-state index is 12.4. The third kappa shape index (κ3) is 2.02. The predicted octanol–water partition coefficient (Wildman–Crippen LogP) is 1.11. The molecule has 2 fully saturated rings. The lowest BCUT2D eigenvalue weighted by atomic mass is 9.98. The number of carbonyl (C=O) groups is 2. The van der Waals surface area contributed by atoms with Gasteiger partial charge in [0.05, 0.1) is 27.4 Å². The summed E-state index contributed by atoms with van der Waals surface area (Å²) in [6.07, 6.45) is -0.608. The molecule has 6 heteroatoms. The van der Waals surface area contributed by atoms with Gasteiger partial charge >= 0.3 is 11.9 Å². The van der Waals surface area contributed by atoms with E-state index in [4.69, 9.17) is 18.9 Å². The molecule has 0 bridgehead atoms. The van der Waals surface area contributed by atoms with E-state index in [-0.39, 0.29) is 5.92 Å². The van der Waals surface area contributed by atoms with Gasteiger partial charge in [0.1, 0.15) is 0 Å². The van der Waals surface area contributed by atoms with Crippen molar-refractivity contribution in [3.05, 3.63) is 35.9 Å². The Labute approximate surface area is 128 Å². The van der Waals surface area contributed by atoms with Gasteiger partial charge in [-0.15, -0.1) is 0 Å². The standard InChI is InChI=1S/C16H18O6/c1-19-14(17)16(15(18)20-2)11(10-6-4-3-5-7-10)12(16)13-21-8-9-22-13/h3-7,11-13H,8-9H2,1-2H3. The number of carbonyl (C=O) groups excluding carboxylic acids is 2. The van der Waals surface area contributed by atoms with Crippen LogP contribution in [0, 0.1) is 11.3 Å². The summed E-state index contributed by atoms with van der Waals surface area (Å²) >= 11 is 0. The van der Waals surface area contributed by atoms with Crippen LogP contribution in [0.25, 0.3) is 0 Å². The number of methoxy groups -OCH3 is 2. The smallest absolute Gasteiger partial charge is 0.324 e. The molecule has 1 heterocycles. The molecule has 2 aliphatic rings. The highest BCUT2D eigenvalue weighted by Crippen LogP contribution is 2.68. The number of rotatable bonds is 4. The summed E-state index contributed by atoms with van der Waals surface area (Å²) in [5.41, 5.74) is -0.540. The number of hydrogen-bond acceptors (Lipinski definition) is 6. The highest BCUT2D eigenvalue weighted by Gasteiger charge is 2.79. The molecule has 1 aromatic carbocycles. The molecular weight excluding hydrogens is 288 g/mol. The lowest BCUT2D eigenvalue weighted by molar-refractivity contribution is -0.165. The molecule has 2 unspecified atom stereocenters. The van der Waals surface area contributed by atoms with Crippen LogP contribution in [0.3, 0.4) is 0 Å². The van der Waals surface area contributed by atoms with E-state index in [1.165, 1.54) is 14.2 Å². The Morgan fingerprint density at radius 1 is 1.05 bits per heavy atom. The number of hydrogen-bond donors (Lipinski definition) is 0. The number of esters is 2. The summed E-state index contributed by atoms with van der Waals surface area (Å²) < 4.78 is 20.9. The minimum absolute atomic E-state index is 0.378. The van der Waals surface area contributed by atoms with Gasteiger partial charge in [-0.1, -0.05) is 30.3 Å².